The second-order valence-electron chi connectivity index (χ2n) is 7.06. The number of benzene rings is 2. The van der Waals surface area contributed by atoms with Crippen LogP contribution in [0.3, 0.4) is 0 Å². The molecule has 0 bridgehead atoms. The van der Waals surface area contributed by atoms with Gasteiger partial charge < -0.3 is 14.6 Å². The Morgan fingerprint density at radius 3 is 2.53 bits per heavy atom. The zero-order valence-electron chi connectivity index (χ0n) is 16.5. The number of nitrogens with zero attached hydrogens (tertiary/aromatic N) is 2. The minimum Gasteiger partial charge on any atom is -0.503 e. The van der Waals surface area contributed by atoms with E-state index >= 15 is 0 Å². The van der Waals surface area contributed by atoms with Gasteiger partial charge in [0.05, 0.1) is 21.0 Å². The molecule has 0 fully saturated rings. The van der Waals surface area contributed by atoms with Crippen LogP contribution in [0, 0.1) is 12.7 Å². The van der Waals surface area contributed by atoms with Crippen LogP contribution in [0.4, 0.5) is 4.39 Å². The summed E-state index contributed by atoms with van der Waals surface area (Å²) in [5, 5.41) is 22.3. The van der Waals surface area contributed by atoms with E-state index in [9.17, 15) is 19.4 Å². The molecule has 32 heavy (non-hydrogen) atoms. The first-order valence-electron chi connectivity index (χ1n) is 9.44. The normalized spacial score (nSPS) is 11.3. The number of aryl methyl sites for hydroxylation is 1. The number of thiazole rings is 1. The van der Waals surface area contributed by atoms with Crippen molar-refractivity contribution in [3.63, 3.8) is 0 Å². The van der Waals surface area contributed by atoms with Crippen LogP contribution >= 0.6 is 22.9 Å². The first-order valence-corrected chi connectivity index (χ1v) is 10.6. The lowest BCUT2D eigenvalue weighted by Crippen LogP contribution is -2.04. The molecule has 0 spiro atoms. The van der Waals surface area contributed by atoms with Crippen LogP contribution in [0.2, 0.25) is 5.02 Å². The van der Waals surface area contributed by atoms with Gasteiger partial charge in [0.25, 0.3) is 0 Å². The molecular formula is C23H14ClFN2O4S. The number of ketones is 1. The molecule has 0 unspecified atom stereocenters. The number of aromatic hydroxyl groups is 2. The number of carbonyl (C=O) groups is 1. The lowest BCUT2D eigenvalue weighted by molar-refractivity contribution is 0.101. The standard InChI is InChI=1S/C23H14ClFN2O4S/c1-11-5-10-15(31-11)20(28)17-19(12-6-8-13(25)9-7-12)27(22(30)21(17)29)23-26-18-14(24)3-2-4-16(18)32-23/h2-10,29-30H,1H3. The molecule has 3 aromatic heterocycles. The summed E-state index contributed by atoms with van der Waals surface area (Å²) in [5.74, 6) is -1.81. The minimum absolute atomic E-state index is 0.00865. The summed E-state index contributed by atoms with van der Waals surface area (Å²) < 4.78 is 21.1. The van der Waals surface area contributed by atoms with Gasteiger partial charge in [-0.15, -0.1) is 0 Å². The fraction of sp³-hybridized carbons (Fsp3) is 0.0435. The van der Waals surface area contributed by atoms with Crippen LogP contribution in [0.15, 0.2) is 59.0 Å². The van der Waals surface area contributed by atoms with Gasteiger partial charge in [0.2, 0.25) is 11.7 Å². The predicted molar refractivity (Wildman–Crippen MR) is 120 cm³/mol. The van der Waals surface area contributed by atoms with Crippen molar-refractivity contribution < 1.29 is 23.8 Å². The first-order chi connectivity index (χ1) is 15.3. The van der Waals surface area contributed by atoms with E-state index in [0.717, 1.165) is 4.70 Å². The third-order valence-corrected chi connectivity index (χ3v) is 6.29. The second-order valence-corrected chi connectivity index (χ2v) is 8.48. The molecule has 6 nitrogen and oxygen atoms in total. The van der Waals surface area contributed by atoms with Gasteiger partial charge >= 0.3 is 0 Å². The number of hydrogen-bond acceptors (Lipinski definition) is 6. The average Bonchev–Trinajstić information content (AvgIpc) is 3.46. The highest BCUT2D eigenvalue weighted by atomic mass is 35.5. The molecule has 3 heterocycles. The molecule has 2 N–H and O–H groups in total. The van der Waals surface area contributed by atoms with Crippen molar-refractivity contribution in [2.24, 2.45) is 0 Å². The summed E-state index contributed by atoms with van der Waals surface area (Å²) in [5.41, 5.74) is 0.864. The van der Waals surface area contributed by atoms with E-state index in [1.165, 1.54) is 46.2 Å². The fourth-order valence-electron chi connectivity index (χ4n) is 3.51. The zero-order valence-corrected chi connectivity index (χ0v) is 18.0. The van der Waals surface area contributed by atoms with Gasteiger partial charge in [-0.1, -0.05) is 29.0 Å². The van der Waals surface area contributed by atoms with E-state index in [2.05, 4.69) is 4.98 Å². The maximum atomic E-state index is 13.6. The molecule has 0 saturated heterocycles. The summed E-state index contributed by atoms with van der Waals surface area (Å²) in [6, 6.07) is 13.7. The summed E-state index contributed by atoms with van der Waals surface area (Å²) in [6.45, 7) is 1.69. The Morgan fingerprint density at radius 2 is 1.88 bits per heavy atom. The van der Waals surface area contributed by atoms with Gasteiger partial charge in [-0.2, -0.15) is 0 Å². The van der Waals surface area contributed by atoms with Crippen LogP contribution in [0.5, 0.6) is 11.6 Å². The smallest absolute Gasteiger partial charge is 0.242 e. The molecule has 5 rings (SSSR count). The molecule has 5 aromatic rings. The van der Waals surface area contributed by atoms with Crippen LogP contribution in [-0.4, -0.2) is 25.5 Å². The second kappa shape index (κ2) is 7.51. The number of aromatic nitrogens is 2. The molecule has 0 aliphatic heterocycles. The van der Waals surface area contributed by atoms with Crippen molar-refractivity contribution in [2.45, 2.75) is 6.92 Å². The Morgan fingerprint density at radius 1 is 1.12 bits per heavy atom. The third kappa shape index (κ3) is 3.16. The summed E-state index contributed by atoms with van der Waals surface area (Å²) in [6.07, 6.45) is 0. The summed E-state index contributed by atoms with van der Waals surface area (Å²) in [4.78, 5) is 17.8. The van der Waals surface area contributed by atoms with Crippen LogP contribution < -0.4 is 0 Å². The quantitative estimate of drug-likeness (QED) is 0.311. The molecule has 0 saturated carbocycles. The van der Waals surface area contributed by atoms with Gasteiger partial charge in [0, 0.05) is 0 Å². The molecular weight excluding hydrogens is 455 g/mol. The number of fused-ring (bicyclic) bond motifs is 1. The lowest BCUT2D eigenvalue weighted by Gasteiger charge is -2.09. The Labute approximate surface area is 189 Å². The highest BCUT2D eigenvalue weighted by Crippen LogP contribution is 2.45. The number of halogens is 2. The predicted octanol–water partition coefficient (Wildman–Crippen LogP) is 6.09. The highest BCUT2D eigenvalue weighted by Gasteiger charge is 2.32. The van der Waals surface area contributed by atoms with Gasteiger partial charge in [0.15, 0.2) is 16.6 Å². The van der Waals surface area contributed by atoms with E-state index < -0.39 is 23.2 Å². The Balaban J connectivity index is 1.82. The number of para-hydroxylation sites is 1. The van der Waals surface area contributed by atoms with E-state index in [4.69, 9.17) is 16.0 Å². The van der Waals surface area contributed by atoms with E-state index in [-0.39, 0.29) is 22.1 Å². The molecule has 0 atom stereocenters. The van der Waals surface area contributed by atoms with E-state index in [1.54, 1.807) is 25.1 Å². The van der Waals surface area contributed by atoms with Crippen molar-refractivity contribution in [3.8, 4) is 28.0 Å². The fourth-order valence-corrected chi connectivity index (χ4v) is 4.78. The van der Waals surface area contributed by atoms with Crippen LogP contribution in [0.1, 0.15) is 21.9 Å². The first kappa shape index (κ1) is 20.3. The zero-order chi connectivity index (χ0) is 22.6. The Kier molecular flexibility index (Phi) is 4.76. The van der Waals surface area contributed by atoms with Gasteiger partial charge in [-0.3, -0.25) is 9.36 Å². The average molecular weight is 469 g/mol. The SMILES string of the molecule is Cc1ccc(C(=O)c2c(O)c(O)n(-c3nc4c(Cl)cccc4s3)c2-c2ccc(F)cc2)o1. The van der Waals surface area contributed by atoms with Crippen LogP contribution in [-0.2, 0) is 0 Å². The maximum Gasteiger partial charge on any atom is 0.242 e. The molecule has 0 aliphatic carbocycles. The topological polar surface area (TPSA) is 88.5 Å². The summed E-state index contributed by atoms with van der Waals surface area (Å²) >= 11 is 7.47. The maximum absolute atomic E-state index is 13.6. The number of hydrogen-bond donors (Lipinski definition) is 2. The molecule has 2 aromatic carbocycles. The largest absolute Gasteiger partial charge is 0.503 e. The lowest BCUT2D eigenvalue weighted by atomic mass is 10.0. The number of furan rings is 1. The Hall–Kier alpha value is -3.62. The van der Waals surface area contributed by atoms with Crippen LogP contribution in [0.25, 0.3) is 26.6 Å². The van der Waals surface area contributed by atoms with Gasteiger partial charge in [-0.05, 0) is 61.0 Å². The Bertz CT molecular complexity index is 1500. The third-order valence-electron chi connectivity index (χ3n) is 4.98. The molecule has 0 radical (unpaired) electrons. The monoisotopic (exact) mass is 468 g/mol. The van der Waals surface area contributed by atoms with Crippen molar-refractivity contribution >= 4 is 38.9 Å². The molecule has 160 valence electrons. The van der Waals surface area contributed by atoms with Crippen molar-refractivity contribution in [1.29, 1.82) is 0 Å². The van der Waals surface area contributed by atoms with E-state index in [1.807, 2.05) is 6.07 Å². The molecule has 0 amide bonds. The van der Waals surface area contributed by atoms with Gasteiger partial charge in [0.1, 0.15) is 17.1 Å². The molecule has 9 heteroatoms. The highest BCUT2D eigenvalue weighted by molar-refractivity contribution is 7.21. The van der Waals surface area contributed by atoms with Crippen molar-refractivity contribution in [2.75, 3.05) is 0 Å². The summed E-state index contributed by atoms with van der Waals surface area (Å²) in [7, 11) is 0. The van der Waals surface area contributed by atoms with Gasteiger partial charge in [-0.25, -0.2) is 9.37 Å². The van der Waals surface area contributed by atoms with E-state index in [0.29, 0.717) is 21.9 Å². The minimum atomic E-state index is -0.636. The van der Waals surface area contributed by atoms with Crippen molar-refractivity contribution in [3.05, 3.63) is 82.5 Å². The number of rotatable bonds is 4. The van der Waals surface area contributed by atoms with Crippen molar-refractivity contribution in [1.82, 2.24) is 9.55 Å². The molecule has 0 aliphatic rings. The number of carbonyl (C=O) groups excluding carboxylic acids is 1.